The zero-order valence-corrected chi connectivity index (χ0v) is 13.1. The van der Waals surface area contributed by atoms with Crippen molar-refractivity contribution in [1.29, 1.82) is 0 Å². The number of piperazine rings is 1. The lowest BCUT2D eigenvalue weighted by molar-refractivity contribution is 0.233. The summed E-state index contributed by atoms with van der Waals surface area (Å²) in [5.74, 6) is -0.500. The van der Waals surface area contributed by atoms with E-state index < -0.39 is 0 Å². The molecule has 1 aromatic rings. The molecule has 0 radical (unpaired) electrons. The maximum atomic E-state index is 14.5. The van der Waals surface area contributed by atoms with Crippen LogP contribution < -0.4 is 10.6 Å². The molecule has 110 valence electrons. The Kier molecular flexibility index (Phi) is 4.49. The second kappa shape index (κ2) is 5.97. The Morgan fingerprint density at radius 1 is 1.50 bits per heavy atom. The predicted octanol–water partition coefficient (Wildman–Crippen LogP) is 1.82. The van der Waals surface area contributed by atoms with E-state index in [1.807, 2.05) is 4.90 Å². The number of anilines is 1. The molecule has 1 atom stereocenters. The van der Waals surface area contributed by atoms with Crippen molar-refractivity contribution in [2.75, 3.05) is 31.6 Å². The molecule has 1 aliphatic heterocycles. The van der Waals surface area contributed by atoms with E-state index in [0.717, 1.165) is 19.6 Å². The van der Waals surface area contributed by atoms with Crippen LogP contribution in [0.1, 0.15) is 12.5 Å². The van der Waals surface area contributed by atoms with Gasteiger partial charge >= 0.3 is 0 Å². The summed E-state index contributed by atoms with van der Waals surface area (Å²) in [5.41, 5.74) is 6.39. The number of halogens is 2. The first-order chi connectivity index (χ1) is 9.45. The van der Waals surface area contributed by atoms with Crippen LogP contribution in [0.4, 0.5) is 10.1 Å². The minimum atomic E-state index is -0.383. The summed E-state index contributed by atoms with van der Waals surface area (Å²) in [6, 6.07) is 3.69. The summed E-state index contributed by atoms with van der Waals surface area (Å²) >= 11 is 3.18. The number of nitrogens with zero attached hydrogens (tertiary/aromatic N) is 3. The standard InChI is InChI=1S/C13H18BrFN4O/c1-8-7-19(6-5-18(8)2)10-4-3-9(13(16)17-20)11(14)12(10)15/h3-4,8,20H,5-7H2,1-2H3,(H2,16,17). The van der Waals surface area contributed by atoms with E-state index in [1.54, 1.807) is 12.1 Å². The third-order valence-corrected chi connectivity index (χ3v) is 4.52. The number of amidine groups is 1. The van der Waals surface area contributed by atoms with Gasteiger partial charge in [0.2, 0.25) is 0 Å². The summed E-state index contributed by atoms with van der Waals surface area (Å²) in [6.45, 7) is 4.54. The Labute approximate surface area is 126 Å². The fourth-order valence-electron chi connectivity index (χ4n) is 2.30. The average molecular weight is 345 g/mol. The SMILES string of the molecule is CC1CN(c2ccc(/C(N)=N/O)c(Br)c2F)CCN1C. The van der Waals surface area contributed by atoms with E-state index >= 15 is 0 Å². The van der Waals surface area contributed by atoms with E-state index in [2.05, 4.69) is 40.0 Å². The Morgan fingerprint density at radius 3 is 2.80 bits per heavy atom. The molecule has 0 spiro atoms. The van der Waals surface area contributed by atoms with Crippen LogP contribution in [-0.2, 0) is 0 Å². The fourth-order valence-corrected chi connectivity index (χ4v) is 2.84. The van der Waals surface area contributed by atoms with Gasteiger partial charge in [-0.1, -0.05) is 5.16 Å². The van der Waals surface area contributed by atoms with Gasteiger partial charge in [0.15, 0.2) is 11.7 Å². The summed E-state index contributed by atoms with van der Waals surface area (Å²) in [4.78, 5) is 4.26. The second-order valence-electron chi connectivity index (χ2n) is 5.02. The molecule has 1 unspecified atom stereocenters. The zero-order chi connectivity index (χ0) is 14.9. The molecule has 1 fully saturated rings. The van der Waals surface area contributed by atoms with Gasteiger partial charge in [0, 0.05) is 31.2 Å². The number of nitrogens with two attached hydrogens (primary N) is 1. The van der Waals surface area contributed by atoms with Crippen LogP contribution in [0, 0.1) is 5.82 Å². The highest BCUT2D eigenvalue weighted by molar-refractivity contribution is 9.10. The molecule has 5 nitrogen and oxygen atoms in total. The Bertz CT molecular complexity index is 537. The van der Waals surface area contributed by atoms with Crippen LogP contribution >= 0.6 is 15.9 Å². The number of oxime groups is 1. The predicted molar refractivity (Wildman–Crippen MR) is 80.9 cm³/mol. The zero-order valence-electron chi connectivity index (χ0n) is 11.5. The largest absolute Gasteiger partial charge is 0.409 e. The van der Waals surface area contributed by atoms with Gasteiger partial charge in [0.25, 0.3) is 0 Å². The maximum absolute atomic E-state index is 14.5. The van der Waals surface area contributed by atoms with Crippen molar-refractivity contribution < 1.29 is 9.60 Å². The monoisotopic (exact) mass is 344 g/mol. The molecule has 3 N–H and O–H groups in total. The van der Waals surface area contributed by atoms with Crippen LogP contribution in [-0.4, -0.2) is 48.7 Å². The normalized spacial score (nSPS) is 21.3. The van der Waals surface area contributed by atoms with Crippen LogP contribution in [0.2, 0.25) is 0 Å². The van der Waals surface area contributed by atoms with Crippen molar-refractivity contribution in [2.45, 2.75) is 13.0 Å². The smallest absolute Gasteiger partial charge is 0.171 e. The first-order valence-corrected chi connectivity index (χ1v) is 7.16. The molecule has 20 heavy (non-hydrogen) atoms. The first-order valence-electron chi connectivity index (χ1n) is 6.36. The topological polar surface area (TPSA) is 65.1 Å². The van der Waals surface area contributed by atoms with E-state index in [0.29, 0.717) is 17.3 Å². The van der Waals surface area contributed by atoms with Crippen molar-refractivity contribution in [3.63, 3.8) is 0 Å². The molecule has 0 aromatic heterocycles. The molecule has 0 bridgehead atoms. The van der Waals surface area contributed by atoms with Gasteiger partial charge in [-0.25, -0.2) is 4.39 Å². The molecule has 1 aromatic carbocycles. The lowest BCUT2D eigenvalue weighted by Gasteiger charge is -2.39. The minimum Gasteiger partial charge on any atom is -0.409 e. The second-order valence-corrected chi connectivity index (χ2v) is 5.81. The highest BCUT2D eigenvalue weighted by atomic mass is 79.9. The number of benzene rings is 1. The van der Waals surface area contributed by atoms with E-state index in [1.165, 1.54) is 0 Å². The Hall–Kier alpha value is -1.34. The van der Waals surface area contributed by atoms with Gasteiger partial charge in [-0.3, -0.25) is 0 Å². The summed E-state index contributed by atoms with van der Waals surface area (Å²) < 4.78 is 14.7. The lowest BCUT2D eigenvalue weighted by atomic mass is 10.1. The highest BCUT2D eigenvalue weighted by Crippen LogP contribution is 2.30. The summed E-state index contributed by atoms with van der Waals surface area (Å²) in [6.07, 6.45) is 0. The summed E-state index contributed by atoms with van der Waals surface area (Å²) in [5, 5.41) is 11.6. The average Bonchev–Trinajstić information content (AvgIpc) is 2.44. The Morgan fingerprint density at radius 2 is 2.20 bits per heavy atom. The van der Waals surface area contributed by atoms with Gasteiger partial charge in [0.1, 0.15) is 0 Å². The first kappa shape index (κ1) is 15.1. The number of likely N-dealkylation sites (N-methyl/N-ethyl adjacent to an activating group) is 1. The molecule has 1 aliphatic rings. The third kappa shape index (κ3) is 2.73. The highest BCUT2D eigenvalue weighted by Gasteiger charge is 2.24. The molecule has 1 saturated heterocycles. The van der Waals surface area contributed by atoms with Crippen molar-refractivity contribution in [1.82, 2.24) is 4.90 Å². The third-order valence-electron chi connectivity index (χ3n) is 3.75. The van der Waals surface area contributed by atoms with Gasteiger partial charge in [-0.15, -0.1) is 0 Å². The molecular weight excluding hydrogens is 327 g/mol. The van der Waals surface area contributed by atoms with E-state index in [-0.39, 0.29) is 16.1 Å². The van der Waals surface area contributed by atoms with Crippen LogP contribution in [0.25, 0.3) is 0 Å². The van der Waals surface area contributed by atoms with Crippen molar-refractivity contribution >= 4 is 27.5 Å². The van der Waals surface area contributed by atoms with E-state index in [9.17, 15) is 4.39 Å². The molecule has 0 amide bonds. The van der Waals surface area contributed by atoms with Crippen LogP contribution in [0.5, 0.6) is 0 Å². The molecule has 7 heteroatoms. The number of hydrogen-bond acceptors (Lipinski definition) is 4. The van der Waals surface area contributed by atoms with Gasteiger partial charge in [-0.2, -0.15) is 0 Å². The molecule has 2 rings (SSSR count). The van der Waals surface area contributed by atoms with E-state index in [4.69, 9.17) is 10.9 Å². The number of hydrogen-bond donors (Lipinski definition) is 2. The van der Waals surface area contributed by atoms with Crippen molar-refractivity contribution in [2.24, 2.45) is 10.9 Å². The molecular formula is C13H18BrFN4O. The molecule has 0 aliphatic carbocycles. The Balaban J connectivity index is 2.33. The molecule has 1 heterocycles. The fraction of sp³-hybridized carbons (Fsp3) is 0.462. The quantitative estimate of drug-likeness (QED) is 0.371. The van der Waals surface area contributed by atoms with Gasteiger partial charge in [-0.05, 0) is 42.0 Å². The number of rotatable bonds is 2. The lowest BCUT2D eigenvalue weighted by Crippen LogP contribution is -2.50. The van der Waals surface area contributed by atoms with Crippen LogP contribution in [0.3, 0.4) is 0 Å². The molecule has 0 saturated carbocycles. The minimum absolute atomic E-state index is 0.117. The van der Waals surface area contributed by atoms with Gasteiger partial charge in [0.05, 0.1) is 10.2 Å². The maximum Gasteiger partial charge on any atom is 0.171 e. The van der Waals surface area contributed by atoms with Crippen molar-refractivity contribution in [3.05, 3.63) is 28.0 Å². The van der Waals surface area contributed by atoms with Crippen LogP contribution in [0.15, 0.2) is 21.8 Å². The van der Waals surface area contributed by atoms with Crippen molar-refractivity contribution in [3.8, 4) is 0 Å². The van der Waals surface area contributed by atoms with Gasteiger partial charge < -0.3 is 20.7 Å². The summed E-state index contributed by atoms with van der Waals surface area (Å²) in [7, 11) is 2.07.